The smallest absolute Gasteiger partial charge is 0.115 e. The average Bonchev–Trinajstić information content (AvgIpc) is 1.47. The zero-order valence-electron chi connectivity index (χ0n) is 86.2. The lowest BCUT2D eigenvalue weighted by atomic mass is 9.54. The van der Waals surface area contributed by atoms with Crippen LogP contribution in [0.5, 0.6) is 34.5 Å². The summed E-state index contributed by atoms with van der Waals surface area (Å²) in [6.07, 6.45) is 54.5. The van der Waals surface area contributed by atoms with Crippen molar-refractivity contribution in [1.29, 1.82) is 0 Å². The van der Waals surface area contributed by atoms with Crippen LogP contribution in [0.3, 0.4) is 0 Å². The molecular weight excluding hydrogens is 1740 g/mol. The van der Waals surface area contributed by atoms with Gasteiger partial charge < -0.3 is 30.6 Å². The SMILES string of the molecule is CC1(C)C2C3CC(C4C5C=CC(C5)C34)C2C2C3CC(C4C5C=CC(C5)C34)C21.CC1(C)C2C3CC(C4C5CC(C6C7C=CC(C7)C56)C34)C2C2C3CC(C4C5CC(C6C7C=CC(C7)C56)C34)C21.CC1(C)C2C3CC(C4C5CC(C6C7CCC(C7)C56)C34)C2C2C3CC(C4C5CC(C6C7CCC(C7)C56)C34)C21.Oc1ccccc1.Oc1ccccc1.Oc1ccccc1.Oc1ccccc1.Oc1ccccc1.Oc1ccccc1. The first-order chi connectivity index (χ1) is 69.7. The highest BCUT2D eigenvalue weighted by Crippen LogP contribution is 2.92. The second-order valence-corrected chi connectivity index (χ2v) is 59.7. The molecule has 6 nitrogen and oxygen atoms in total. The molecule has 35 aliphatic rings. The highest BCUT2D eigenvalue weighted by atomic mass is 16.3. The van der Waals surface area contributed by atoms with Crippen molar-refractivity contribution in [1.82, 2.24) is 0 Å². The molecule has 0 heterocycles. The van der Waals surface area contributed by atoms with Gasteiger partial charge in [0.15, 0.2) is 0 Å². The van der Waals surface area contributed by atoms with E-state index in [-0.39, 0.29) is 0 Å². The fourth-order valence-electron chi connectivity index (χ4n) is 57.2. The van der Waals surface area contributed by atoms with Crippen LogP contribution in [-0.2, 0) is 0 Å². The number of aromatic hydroxyl groups is 6. The third kappa shape index (κ3) is 11.6. The molecule has 6 aromatic carbocycles. The van der Waals surface area contributed by atoms with Crippen LogP contribution in [0.15, 0.2) is 231 Å². The number of rotatable bonds is 0. The van der Waals surface area contributed by atoms with E-state index < -0.39 is 0 Å². The van der Waals surface area contributed by atoms with E-state index in [2.05, 4.69) is 90.2 Å². The Morgan fingerprint density at radius 2 is 0.280 bits per heavy atom. The minimum absolute atomic E-state index is 0.322. The highest BCUT2D eigenvalue weighted by Gasteiger charge is 2.87. The molecule has 0 aliphatic heterocycles. The van der Waals surface area contributed by atoms with E-state index in [0.717, 1.165) is 201 Å². The summed E-state index contributed by atoms with van der Waals surface area (Å²) >= 11 is 0. The summed E-state index contributed by atoms with van der Waals surface area (Å²) < 4.78 is 0. The van der Waals surface area contributed by atoms with Gasteiger partial charge in [0.25, 0.3) is 0 Å². The van der Waals surface area contributed by atoms with Gasteiger partial charge in [0.2, 0.25) is 0 Å². The van der Waals surface area contributed by atoms with Gasteiger partial charge in [0.1, 0.15) is 34.5 Å². The number of phenols is 6. The number of benzene rings is 6. The maximum Gasteiger partial charge on any atom is 0.115 e. The molecule has 64 atom stereocenters. The predicted octanol–water partition coefficient (Wildman–Crippen LogP) is 29.3. The van der Waals surface area contributed by atoms with Crippen LogP contribution >= 0.6 is 0 Å². The third-order valence-electron chi connectivity index (χ3n) is 56.7. The predicted molar refractivity (Wildman–Crippen MR) is 562 cm³/mol. The van der Waals surface area contributed by atoms with Crippen LogP contribution in [0.1, 0.15) is 170 Å². The molecule has 0 radical (unpaired) electrons. The lowest BCUT2D eigenvalue weighted by Crippen LogP contribution is -2.47. The lowest BCUT2D eigenvalue weighted by molar-refractivity contribution is -0.0408. The molecule has 32 bridgehead atoms. The molecule has 6 heteroatoms. The van der Waals surface area contributed by atoms with Crippen LogP contribution in [0.2, 0.25) is 0 Å². The van der Waals surface area contributed by atoms with Crippen molar-refractivity contribution in [3.8, 4) is 34.5 Å². The summed E-state index contributed by atoms with van der Waals surface area (Å²) in [5, 5.41) is 51.8. The summed E-state index contributed by atoms with van der Waals surface area (Å²) in [5.41, 5.74) is 1.97. The van der Waals surface area contributed by atoms with E-state index in [1.807, 2.05) is 36.4 Å². The van der Waals surface area contributed by atoms with Gasteiger partial charge in [-0.25, -0.2) is 0 Å². The Hall–Kier alpha value is -6.92. The Morgan fingerprint density at radius 3 is 0.448 bits per heavy atom. The zero-order chi connectivity index (χ0) is 94.9. The maximum absolute atomic E-state index is 8.63. The van der Waals surface area contributed by atoms with Crippen LogP contribution in [0.4, 0.5) is 0 Å². The fourth-order valence-corrected chi connectivity index (χ4v) is 57.2. The molecule has 0 aromatic heterocycles. The van der Waals surface area contributed by atoms with Crippen LogP contribution in [-0.4, -0.2) is 30.6 Å². The van der Waals surface area contributed by atoms with Gasteiger partial charge in [-0.1, -0.05) is 199 Å². The minimum atomic E-state index is 0.322. The molecule has 64 unspecified atom stereocenters. The molecule has 6 aromatic rings. The summed E-state index contributed by atoms with van der Waals surface area (Å²) in [6.45, 7) is 17.1. The van der Waals surface area contributed by atoms with Crippen molar-refractivity contribution < 1.29 is 30.6 Å². The van der Waals surface area contributed by atoms with Crippen LogP contribution in [0.25, 0.3) is 0 Å². The van der Waals surface area contributed by atoms with Crippen molar-refractivity contribution in [2.24, 2.45) is 395 Å². The van der Waals surface area contributed by atoms with Gasteiger partial charge in [-0.15, -0.1) is 0 Å². The molecule has 750 valence electrons. The highest BCUT2D eigenvalue weighted by molar-refractivity contribution is 5.39. The summed E-state index contributed by atoms with van der Waals surface area (Å²) in [7, 11) is 0. The Bertz CT molecular complexity index is 5470. The molecular formula is C137H166O6. The number of para-hydroxylation sites is 6. The monoisotopic (exact) mass is 1910 g/mol. The molecule has 0 amide bonds. The summed E-state index contributed by atoms with van der Waals surface area (Å²) in [6, 6.07) is 52.3. The molecule has 0 spiro atoms. The van der Waals surface area contributed by atoms with Crippen molar-refractivity contribution in [2.75, 3.05) is 0 Å². The Morgan fingerprint density at radius 1 is 0.147 bits per heavy atom. The second kappa shape index (κ2) is 31.2. The molecule has 0 saturated heterocycles. The van der Waals surface area contributed by atoms with E-state index in [1.54, 1.807) is 274 Å². The van der Waals surface area contributed by atoms with Crippen molar-refractivity contribution >= 4 is 0 Å². The molecule has 35 aliphatic carbocycles. The second-order valence-electron chi connectivity index (χ2n) is 59.7. The number of hydrogen-bond donors (Lipinski definition) is 6. The van der Waals surface area contributed by atoms with Crippen molar-refractivity contribution in [3.05, 3.63) is 231 Å². The van der Waals surface area contributed by atoms with Gasteiger partial charge in [0.05, 0.1) is 0 Å². The van der Waals surface area contributed by atoms with Gasteiger partial charge in [0, 0.05) is 0 Å². The first-order valence-electron chi connectivity index (χ1n) is 60.9. The number of phenolic OH excluding ortho intramolecular Hbond substituents is 6. The minimum Gasteiger partial charge on any atom is -0.508 e. The third-order valence-corrected chi connectivity index (χ3v) is 56.7. The molecule has 41 rings (SSSR count). The number of allylic oxidation sites excluding steroid dienone is 8. The van der Waals surface area contributed by atoms with Crippen molar-refractivity contribution in [2.45, 2.75) is 170 Å². The lowest BCUT2D eigenvalue weighted by Gasteiger charge is -2.51. The largest absolute Gasteiger partial charge is 0.508 e. The molecule has 31 saturated carbocycles. The Kier molecular flexibility index (Phi) is 19.2. The average molecular weight is 1910 g/mol. The molecule has 143 heavy (non-hydrogen) atoms. The van der Waals surface area contributed by atoms with Crippen LogP contribution < -0.4 is 0 Å². The van der Waals surface area contributed by atoms with E-state index in [4.69, 9.17) is 30.6 Å². The van der Waals surface area contributed by atoms with Gasteiger partial charge in [-0.3, -0.25) is 0 Å². The Balaban J connectivity index is 0.0000000790. The van der Waals surface area contributed by atoms with Crippen LogP contribution in [0, 0.1) is 395 Å². The Labute approximate surface area is 854 Å². The summed E-state index contributed by atoms with van der Waals surface area (Å²) in [5.74, 6) is 75.5. The molecule has 6 N–H and O–H groups in total. The van der Waals surface area contributed by atoms with E-state index in [0.29, 0.717) is 50.7 Å². The fraction of sp³-hybridized carbons (Fsp3) is 0.679. The normalized spacial score (nSPS) is 57.2. The first kappa shape index (κ1) is 87.9. The van der Waals surface area contributed by atoms with E-state index in [9.17, 15) is 0 Å². The summed E-state index contributed by atoms with van der Waals surface area (Å²) in [4.78, 5) is 0. The molecule has 31 fully saturated rings. The van der Waals surface area contributed by atoms with E-state index >= 15 is 0 Å². The quantitative estimate of drug-likeness (QED) is 0.0666. The maximum atomic E-state index is 8.63. The van der Waals surface area contributed by atoms with E-state index in [1.165, 1.54) is 178 Å². The van der Waals surface area contributed by atoms with Gasteiger partial charge in [-0.2, -0.15) is 0 Å². The number of fused-ring (bicyclic) bond motifs is 103. The van der Waals surface area contributed by atoms with Crippen molar-refractivity contribution in [3.63, 3.8) is 0 Å². The zero-order valence-corrected chi connectivity index (χ0v) is 86.2. The van der Waals surface area contributed by atoms with Gasteiger partial charge in [-0.05, 0) is 596 Å². The van der Waals surface area contributed by atoms with Gasteiger partial charge >= 0.3 is 0 Å². The first-order valence-corrected chi connectivity index (χ1v) is 60.9. The standard InChI is InChI=1S/C37H50.C37H46.C27H34.6C6H6O/c2*1-37(2)35-23-11-21(29-17-9-19(31(23)29)27-15-5-3-13(7-15)25(17)27)33(35)34-22-12-24(36(34)37)32-20-10-18(30(22)32)26-14-4-6-16(8-14)28(20)26;1-27(2)25-17-9-15(19-11-3-5-13(7-11)21(17)19)23(25)24-16-10-18(26(24)27)22-14-6-4-12(8-14)20(16)22;6*7-6-4-2-1-3-5-6/h13-36H,3-12H2,1-2H3;3-6,13-36H,7-12H2,1-2H3;3-6,11-26H,7-10H2,1-2H3;6*1-5,7H. The topological polar surface area (TPSA) is 121 Å². The number of hydrogen-bond acceptors (Lipinski definition) is 6.